The number of benzene rings is 1. The van der Waals surface area contributed by atoms with E-state index in [2.05, 4.69) is 21.2 Å². The Balaban J connectivity index is 1.96. The molecule has 22 heavy (non-hydrogen) atoms. The molecular weight excluding hydrogens is 364 g/mol. The Morgan fingerprint density at radius 3 is 2.91 bits per heavy atom. The highest BCUT2D eigenvalue weighted by Gasteiger charge is 2.21. The van der Waals surface area contributed by atoms with E-state index in [1.54, 1.807) is 6.07 Å². The van der Waals surface area contributed by atoms with Crippen LogP contribution in [-0.4, -0.2) is 41.7 Å². The number of aryl methyl sites for hydroxylation is 1. The number of rotatable bonds is 4. The van der Waals surface area contributed by atoms with Crippen molar-refractivity contribution in [3.8, 4) is 0 Å². The van der Waals surface area contributed by atoms with Crippen molar-refractivity contribution in [3.05, 3.63) is 33.8 Å². The number of hydrogen-bond donors (Lipinski definition) is 1. The van der Waals surface area contributed by atoms with Crippen LogP contribution in [0.25, 0.3) is 0 Å². The maximum Gasteiger partial charge on any atom is 0.257 e. The van der Waals surface area contributed by atoms with E-state index >= 15 is 0 Å². The molecule has 4 nitrogen and oxygen atoms in total. The van der Waals surface area contributed by atoms with Gasteiger partial charge in [0, 0.05) is 29.7 Å². The lowest BCUT2D eigenvalue weighted by Crippen LogP contribution is -2.45. The first kappa shape index (κ1) is 17.4. The lowest BCUT2D eigenvalue weighted by atomic mass is 10.1. The molecule has 0 aromatic heterocycles. The predicted octanol–water partition coefficient (Wildman–Crippen LogP) is 3.27. The van der Waals surface area contributed by atoms with Crippen LogP contribution >= 0.6 is 28.1 Å². The van der Waals surface area contributed by atoms with E-state index in [4.69, 9.17) is 17.0 Å². The first-order valence-electron chi connectivity index (χ1n) is 7.49. The summed E-state index contributed by atoms with van der Waals surface area (Å²) < 4.78 is 6.55. The van der Waals surface area contributed by atoms with E-state index in [-0.39, 0.29) is 12.0 Å². The van der Waals surface area contributed by atoms with Crippen molar-refractivity contribution in [1.29, 1.82) is 0 Å². The van der Waals surface area contributed by atoms with Gasteiger partial charge in [-0.25, -0.2) is 0 Å². The second kappa shape index (κ2) is 8.04. The summed E-state index contributed by atoms with van der Waals surface area (Å²) in [6.07, 6.45) is 2.36. The fraction of sp³-hybridized carbons (Fsp3) is 0.500. The fourth-order valence-corrected chi connectivity index (χ4v) is 3.05. The highest BCUT2D eigenvalue weighted by molar-refractivity contribution is 9.10. The molecule has 1 heterocycles. The van der Waals surface area contributed by atoms with E-state index in [1.165, 1.54) is 0 Å². The van der Waals surface area contributed by atoms with E-state index in [1.807, 2.05) is 30.9 Å². The van der Waals surface area contributed by atoms with Gasteiger partial charge in [-0.1, -0.05) is 22.0 Å². The zero-order chi connectivity index (χ0) is 16.1. The van der Waals surface area contributed by atoms with Crippen LogP contribution in [0.1, 0.15) is 35.7 Å². The quantitative estimate of drug-likeness (QED) is 0.808. The van der Waals surface area contributed by atoms with Crippen molar-refractivity contribution >= 4 is 39.2 Å². The molecule has 1 aliphatic rings. The van der Waals surface area contributed by atoms with Gasteiger partial charge in [0.25, 0.3) is 5.91 Å². The molecule has 2 rings (SSSR count). The lowest BCUT2D eigenvalue weighted by Gasteiger charge is -2.26. The van der Waals surface area contributed by atoms with Crippen molar-refractivity contribution in [2.45, 2.75) is 32.8 Å². The summed E-state index contributed by atoms with van der Waals surface area (Å²) in [7, 11) is 0. The molecule has 1 amide bonds. The topological polar surface area (TPSA) is 41.6 Å². The number of halogens is 1. The highest BCUT2D eigenvalue weighted by atomic mass is 79.9. The summed E-state index contributed by atoms with van der Waals surface area (Å²) in [6.45, 7) is 6.30. The maximum atomic E-state index is 12.3. The van der Waals surface area contributed by atoms with Crippen LogP contribution in [0.15, 0.2) is 22.7 Å². The molecule has 0 radical (unpaired) electrons. The first-order valence-corrected chi connectivity index (χ1v) is 8.69. The van der Waals surface area contributed by atoms with E-state index in [0.29, 0.717) is 10.7 Å². The van der Waals surface area contributed by atoms with Gasteiger partial charge in [0.1, 0.15) is 0 Å². The molecule has 1 fully saturated rings. The zero-order valence-electron chi connectivity index (χ0n) is 12.9. The van der Waals surface area contributed by atoms with Gasteiger partial charge in [-0.3, -0.25) is 10.1 Å². The molecule has 0 bridgehead atoms. The van der Waals surface area contributed by atoms with Crippen LogP contribution in [-0.2, 0) is 4.74 Å². The Hall–Kier alpha value is -0.980. The largest absolute Gasteiger partial charge is 0.376 e. The summed E-state index contributed by atoms with van der Waals surface area (Å²) in [5.41, 5.74) is 1.68. The Kier molecular flexibility index (Phi) is 6.35. The Morgan fingerprint density at radius 2 is 2.32 bits per heavy atom. The van der Waals surface area contributed by atoms with Crippen LogP contribution in [0.5, 0.6) is 0 Å². The molecule has 1 N–H and O–H groups in total. The summed E-state index contributed by atoms with van der Waals surface area (Å²) >= 11 is 8.81. The summed E-state index contributed by atoms with van der Waals surface area (Å²) in [6, 6.07) is 5.52. The van der Waals surface area contributed by atoms with Crippen LogP contribution in [0, 0.1) is 6.92 Å². The number of carbonyl (C=O) groups is 1. The SMILES string of the molecule is CCN(CC1CCCO1)C(=S)NC(=O)c1ccc(C)c(Br)c1. The van der Waals surface area contributed by atoms with Gasteiger partial charge in [0.15, 0.2) is 5.11 Å². The molecular formula is C16H21BrN2O2S. The molecule has 1 atom stereocenters. The predicted molar refractivity (Wildman–Crippen MR) is 95.2 cm³/mol. The van der Waals surface area contributed by atoms with Gasteiger partial charge in [0.2, 0.25) is 0 Å². The minimum absolute atomic E-state index is 0.184. The van der Waals surface area contributed by atoms with Crippen molar-refractivity contribution in [2.75, 3.05) is 19.7 Å². The van der Waals surface area contributed by atoms with Crippen LogP contribution < -0.4 is 5.32 Å². The number of carbonyl (C=O) groups excluding carboxylic acids is 1. The van der Waals surface area contributed by atoms with E-state index in [9.17, 15) is 4.79 Å². The monoisotopic (exact) mass is 384 g/mol. The second-order valence-corrected chi connectivity index (χ2v) is 6.64. The number of ether oxygens (including phenoxy) is 1. The minimum atomic E-state index is -0.184. The van der Waals surface area contributed by atoms with Crippen LogP contribution in [0.2, 0.25) is 0 Å². The van der Waals surface area contributed by atoms with Gasteiger partial charge in [-0.15, -0.1) is 0 Å². The van der Waals surface area contributed by atoms with Crippen LogP contribution in [0.4, 0.5) is 0 Å². The number of likely N-dealkylation sites (N-methyl/N-ethyl adjacent to an activating group) is 1. The molecule has 0 spiro atoms. The van der Waals surface area contributed by atoms with Crippen molar-refractivity contribution < 1.29 is 9.53 Å². The highest BCUT2D eigenvalue weighted by Crippen LogP contribution is 2.17. The summed E-state index contributed by atoms with van der Waals surface area (Å²) in [4.78, 5) is 14.3. The fourth-order valence-electron chi connectivity index (χ4n) is 2.37. The normalized spacial score (nSPS) is 17.3. The molecule has 6 heteroatoms. The van der Waals surface area contributed by atoms with Gasteiger partial charge >= 0.3 is 0 Å². The minimum Gasteiger partial charge on any atom is -0.376 e. The summed E-state index contributed by atoms with van der Waals surface area (Å²) in [5, 5.41) is 3.27. The molecule has 1 aromatic carbocycles. The third kappa shape index (κ3) is 4.51. The number of nitrogens with zero attached hydrogens (tertiary/aromatic N) is 1. The number of amides is 1. The Labute approximate surface area is 145 Å². The van der Waals surface area contributed by atoms with Crippen molar-refractivity contribution in [2.24, 2.45) is 0 Å². The van der Waals surface area contributed by atoms with Gasteiger partial charge in [0.05, 0.1) is 6.10 Å². The molecule has 0 aliphatic carbocycles. The molecule has 1 saturated heterocycles. The van der Waals surface area contributed by atoms with Gasteiger partial charge < -0.3 is 9.64 Å². The molecule has 0 saturated carbocycles. The molecule has 120 valence electrons. The van der Waals surface area contributed by atoms with E-state index in [0.717, 1.165) is 42.6 Å². The third-order valence-corrected chi connectivity index (χ3v) is 4.99. The first-order chi connectivity index (χ1) is 10.5. The van der Waals surface area contributed by atoms with E-state index < -0.39 is 0 Å². The molecule has 1 aromatic rings. The Bertz CT molecular complexity index is 559. The lowest BCUT2D eigenvalue weighted by molar-refractivity contribution is 0.0895. The zero-order valence-corrected chi connectivity index (χ0v) is 15.3. The third-order valence-electron chi connectivity index (χ3n) is 3.77. The maximum absolute atomic E-state index is 12.3. The standard InChI is InChI=1S/C16H21BrN2O2S/c1-3-19(10-13-5-4-8-21-13)16(22)18-15(20)12-7-6-11(2)14(17)9-12/h6-7,9,13H,3-5,8,10H2,1-2H3,(H,18,20,22). The van der Waals surface area contributed by atoms with Crippen LogP contribution in [0.3, 0.4) is 0 Å². The number of hydrogen-bond acceptors (Lipinski definition) is 3. The average molecular weight is 385 g/mol. The average Bonchev–Trinajstić information content (AvgIpc) is 3.00. The second-order valence-electron chi connectivity index (χ2n) is 5.40. The van der Waals surface area contributed by atoms with Crippen molar-refractivity contribution in [3.63, 3.8) is 0 Å². The molecule has 1 unspecified atom stereocenters. The summed E-state index contributed by atoms with van der Waals surface area (Å²) in [5.74, 6) is -0.184. The number of thiocarbonyl (C=S) groups is 1. The van der Waals surface area contributed by atoms with Crippen molar-refractivity contribution in [1.82, 2.24) is 10.2 Å². The smallest absolute Gasteiger partial charge is 0.257 e. The van der Waals surface area contributed by atoms with Gasteiger partial charge in [-0.05, 0) is 56.6 Å². The number of nitrogens with one attached hydrogen (secondary N) is 1. The molecule has 1 aliphatic heterocycles. The van der Waals surface area contributed by atoms with Gasteiger partial charge in [-0.2, -0.15) is 0 Å². The Morgan fingerprint density at radius 1 is 1.55 bits per heavy atom.